The van der Waals surface area contributed by atoms with Crippen LogP contribution in [0.1, 0.15) is 52.4 Å². The maximum atomic E-state index is 12.5. The number of carboxylic acids is 1. The van der Waals surface area contributed by atoms with Gasteiger partial charge in [0.15, 0.2) is 0 Å². The Labute approximate surface area is 156 Å². The molecule has 0 aromatic heterocycles. The summed E-state index contributed by atoms with van der Waals surface area (Å²) in [6.45, 7) is 6.96. The smallest absolute Gasteiger partial charge is 0.320 e. The van der Waals surface area contributed by atoms with E-state index >= 15 is 0 Å². The van der Waals surface area contributed by atoms with Crippen LogP contribution in [0.2, 0.25) is 0 Å². The lowest BCUT2D eigenvalue weighted by molar-refractivity contribution is -0.147. The van der Waals surface area contributed by atoms with Gasteiger partial charge in [0.2, 0.25) is 11.8 Å². The molecule has 0 radical (unpaired) electrons. The van der Waals surface area contributed by atoms with Crippen LogP contribution in [0.4, 0.5) is 0 Å². The molecule has 7 heteroatoms. The molecule has 26 heavy (non-hydrogen) atoms. The van der Waals surface area contributed by atoms with Crippen molar-refractivity contribution in [3.05, 3.63) is 0 Å². The van der Waals surface area contributed by atoms with Gasteiger partial charge in [-0.15, -0.1) is 0 Å². The van der Waals surface area contributed by atoms with Crippen LogP contribution >= 0.6 is 0 Å². The molecule has 2 saturated heterocycles. The molecule has 0 aromatic rings. The Morgan fingerprint density at radius 3 is 2.38 bits per heavy atom. The van der Waals surface area contributed by atoms with Crippen LogP contribution in [0, 0.1) is 11.8 Å². The van der Waals surface area contributed by atoms with Gasteiger partial charge in [-0.3, -0.25) is 19.3 Å². The number of nitrogens with one attached hydrogen (secondary N) is 1. The molecule has 2 aliphatic heterocycles. The molecule has 2 N–H and O–H groups in total. The molecule has 1 atom stereocenters. The highest BCUT2D eigenvalue weighted by Crippen LogP contribution is 2.20. The summed E-state index contributed by atoms with van der Waals surface area (Å²) in [7, 11) is 0. The van der Waals surface area contributed by atoms with Crippen molar-refractivity contribution < 1.29 is 19.5 Å². The zero-order valence-electron chi connectivity index (χ0n) is 16.1. The largest absolute Gasteiger partial charge is 0.480 e. The molecular weight excluding hydrogens is 334 g/mol. The van der Waals surface area contributed by atoms with Gasteiger partial charge in [-0.05, 0) is 44.6 Å². The minimum atomic E-state index is -0.839. The van der Waals surface area contributed by atoms with Crippen molar-refractivity contribution in [2.75, 3.05) is 32.7 Å². The first-order chi connectivity index (χ1) is 12.4. The Bertz CT molecular complexity index is 501. The molecular formula is C19H33N3O4. The van der Waals surface area contributed by atoms with E-state index in [9.17, 15) is 19.5 Å². The number of likely N-dealkylation sites (tertiary alicyclic amines) is 2. The molecule has 2 amide bonds. The SMILES string of the molecule is CC(C)CCNC(=O)C1CCN(C(=O)CN2CCCCC2C(=O)O)CC1. The summed E-state index contributed by atoms with van der Waals surface area (Å²) in [5.74, 6) is -0.210. The minimum Gasteiger partial charge on any atom is -0.480 e. The van der Waals surface area contributed by atoms with Crippen LogP contribution in [-0.2, 0) is 14.4 Å². The lowest BCUT2D eigenvalue weighted by atomic mass is 9.95. The Morgan fingerprint density at radius 1 is 1.08 bits per heavy atom. The molecule has 1 unspecified atom stereocenters. The highest BCUT2D eigenvalue weighted by Gasteiger charge is 2.32. The van der Waals surface area contributed by atoms with Crippen molar-refractivity contribution in [3.63, 3.8) is 0 Å². The first kappa shape index (κ1) is 20.7. The number of carbonyl (C=O) groups excluding carboxylic acids is 2. The fraction of sp³-hybridized carbons (Fsp3) is 0.842. The highest BCUT2D eigenvalue weighted by molar-refractivity contribution is 5.81. The van der Waals surface area contributed by atoms with Gasteiger partial charge in [0.25, 0.3) is 0 Å². The Morgan fingerprint density at radius 2 is 1.77 bits per heavy atom. The first-order valence-electron chi connectivity index (χ1n) is 9.90. The van der Waals surface area contributed by atoms with Crippen LogP contribution in [-0.4, -0.2) is 71.5 Å². The predicted molar refractivity (Wildman–Crippen MR) is 98.6 cm³/mol. The summed E-state index contributed by atoms with van der Waals surface area (Å²) in [4.78, 5) is 39.7. The number of aliphatic carboxylic acids is 1. The van der Waals surface area contributed by atoms with Gasteiger partial charge < -0.3 is 15.3 Å². The van der Waals surface area contributed by atoms with E-state index in [1.54, 1.807) is 9.80 Å². The number of carbonyl (C=O) groups is 3. The molecule has 2 aliphatic rings. The lowest BCUT2D eigenvalue weighted by Crippen LogP contribution is -2.51. The van der Waals surface area contributed by atoms with Crippen LogP contribution in [0.5, 0.6) is 0 Å². The van der Waals surface area contributed by atoms with E-state index in [-0.39, 0.29) is 24.3 Å². The molecule has 7 nitrogen and oxygen atoms in total. The van der Waals surface area contributed by atoms with Crippen LogP contribution in [0.3, 0.4) is 0 Å². The Kier molecular flexibility index (Phi) is 7.87. The van der Waals surface area contributed by atoms with Gasteiger partial charge in [-0.25, -0.2) is 0 Å². The van der Waals surface area contributed by atoms with E-state index in [0.717, 1.165) is 19.3 Å². The number of carboxylic acid groups (broad SMARTS) is 1. The Balaban J connectivity index is 1.75. The average molecular weight is 367 g/mol. The van der Waals surface area contributed by atoms with Crippen LogP contribution in [0.15, 0.2) is 0 Å². The highest BCUT2D eigenvalue weighted by atomic mass is 16.4. The Hall–Kier alpha value is -1.63. The number of piperidine rings is 2. The third kappa shape index (κ3) is 5.97. The predicted octanol–water partition coefficient (Wildman–Crippen LogP) is 1.33. The third-order valence-corrected chi connectivity index (χ3v) is 5.48. The number of amides is 2. The topological polar surface area (TPSA) is 90.0 Å². The summed E-state index contributed by atoms with van der Waals surface area (Å²) >= 11 is 0. The van der Waals surface area contributed by atoms with E-state index in [4.69, 9.17) is 0 Å². The van der Waals surface area contributed by atoms with Crippen LogP contribution < -0.4 is 5.32 Å². The third-order valence-electron chi connectivity index (χ3n) is 5.48. The van der Waals surface area contributed by atoms with Crippen LogP contribution in [0.25, 0.3) is 0 Å². The van der Waals surface area contributed by atoms with E-state index in [0.29, 0.717) is 51.4 Å². The fourth-order valence-corrected chi connectivity index (χ4v) is 3.75. The molecule has 148 valence electrons. The number of hydrogen-bond donors (Lipinski definition) is 2. The zero-order chi connectivity index (χ0) is 19.1. The number of rotatable bonds is 7. The monoisotopic (exact) mass is 367 g/mol. The standard InChI is InChI=1S/C19H33N3O4/c1-14(2)6-9-20-18(24)15-7-11-21(12-8-15)17(23)13-22-10-4-3-5-16(22)19(25)26/h14-16H,3-13H2,1-2H3,(H,20,24)(H,25,26). The van der Waals surface area contributed by atoms with E-state index in [1.165, 1.54) is 0 Å². The summed E-state index contributed by atoms with van der Waals surface area (Å²) in [5, 5.41) is 12.3. The first-order valence-corrected chi connectivity index (χ1v) is 9.90. The second-order valence-corrected chi connectivity index (χ2v) is 7.95. The molecule has 0 saturated carbocycles. The van der Waals surface area contributed by atoms with Gasteiger partial charge in [-0.2, -0.15) is 0 Å². The van der Waals surface area contributed by atoms with Gasteiger partial charge in [0, 0.05) is 25.6 Å². The normalized spacial score (nSPS) is 22.4. The zero-order valence-corrected chi connectivity index (χ0v) is 16.1. The second kappa shape index (κ2) is 9.90. The summed E-state index contributed by atoms with van der Waals surface area (Å²) < 4.78 is 0. The molecule has 0 spiro atoms. The lowest BCUT2D eigenvalue weighted by Gasteiger charge is -2.36. The van der Waals surface area contributed by atoms with Gasteiger partial charge in [0.1, 0.15) is 6.04 Å². The molecule has 0 aliphatic carbocycles. The van der Waals surface area contributed by atoms with Crippen molar-refractivity contribution in [2.24, 2.45) is 11.8 Å². The quantitative estimate of drug-likeness (QED) is 0.708. The summed E-state index contributed by atoms with van der Waals surface area (Å²) in [5.41, 5.74) is 0. The van der Waals surface area contributed by atoms with Crippen molar-refractivity contribution >= 4 is 17.8 Å². The summed E-state index contributed by atoms with van der Waals surface area (Å²) in [6.07, 6.45) is 4.79. The average Bonchev–Trinajstić information content (AvgIpc) is 2.61. The number of nitrogens with zero attached hydrogens (tertiary/aromatic N) is 2. The van der Waals surface area contributed by atoms with E-state index in [2.05, 4.69) is 19.2 Å². The second-order valence-electron chi connectivity index (χ2n) is 7.95. The number of hydrogen-bond acceptors (Lipinski definition) is 4. The molecule has 2 heterocycles. The van der Waals surface area contributed by atoms with E-state index in [1.807, 2.05) is 0 Å². The molecule has 2 fully saturated rings. The van der Waals surface area contributed by atoms with Gasteiger partial charge in [-0.1, -0.05) is 20.3 Å². The van der Waals surface area contributed by atoms with Gasteiger partial charge in [0.05, 0.1) is 6.54 Å². The fourth-order valence-electron chi connectivity index (χ4n) is 3.75. The van der Waals surface area contributed by atoms with Crippen molar-refractivity contribution in [1.82, 2.24) is 15.1 Å². The van der Waals surface area contributed by atoms with Crippen molar-refractivity contribution in [3.8, 4) is 0 Å². The molecule has 2 rings (SSSR count). The molecule has 0 aromatic carbocycles. The van der Waals surface area contributed by atoms with E-state index < -0.39 is 12.0 Å². The maximum absolute atomic E-state index is 12.5. The summed E-state index contributed by atoms with van der Waals surface area (Å²) in [6, 6.07) is -0.544. The minimum absolute atomic E-state index is 0.0168. The van der Waals surface area contributed by atoms with Crippen molar-refractivity contribution in [2.45, 2.75) is 58.4 Å². The van der Waals surface area contributed by atoms with Crippen molar-refractivity contribution in [1.29, 1.82) is 0 Å². The maximum Gasteiger partial charge on any atom is 0.320 e. The molecule has 0 bridgehead atoms. The van der Waals surface area contributed by atoms with Gasteiger partial charge >= 0.3 is 5.97 Å².